The van der Waals surface area contributed by atoms with Crippen molar-refractivity contribution in [3.63, 3.8) is 0 Å². The van der Waals surface area contributed by atoms with Crippen molar-refractivity contribution >= 4 is 11.4 Å². The fourth-order valence-electron chi connectivity index (χ4n) is 3.81. The third-order valence-corrected chi connectivity index (χ3v) is 5.29. The molecule has 4 rings (SSSR count). The van der Waals surface area contributed by atoms with Crippen LogP contribution in [0.5, 0.6) is 5.75 Å². The van der Waals surface area contributed by atoms with Crippen LogP contribution >= 0.6 is 0 Å². The van der Waals surface area contributed by atoms with Crippen LogP contribution < -0.4 is 9.64 Å². The Morgan fingerprint density at radius 1 is 1.00 bits per heavy atom. The average molecular weight is 407 g/mol. The maximum Gasteiger partial charge on any atom is 0.280 e. The molecule has 3 aromatic rings. The van der Waals surface area contributed by atoms with Gasteiger partial charge in [0.05, 0.1) is 29.3 Å². The van der Waals surface area contributed by atoms with E-state index in [9.17, 15) is 10.1 Å². The quantitative estimate of drug-likeness (QED) is 0.422. The third kappa shape index (κ3) is 4.31. The van der Waals surface area contributed by atoms with Crippen molar-refractivity contribution < 1.29 is 14.1 Å². The Bertz CT molecular complexity index is 1010. The summed E-state index contributed by atoms with van der Waals surface area (Å²) in [5, 5.41) is 11.3. The van der Waals surface area contributed by atoms with Crippen molar-refractivity contribution in [1.82, 2.24) is 4.90 Å². The van der Waals surface area contributed by atoms with Gasteiger partial charge >= 0.3 is 0 Å². The van der Waals surface area contributed by atoms with Gasteiger partial charge in [-0.2, -0.15) is 0 Å². The Morgan fingerprint density at radius 3 is 2.50 bits per heavy atom. The van der Waals surface area contributed by atoms with Crippen molar-refractivity contribution in [3.8, 4) is 17.1 Å². The highest BCUT2D eigenvalue weighted by molar-refractivity contribution is 5.69. The minimum absolute atomic E-state index is 0.0555. The second kappa shape index (κ2) is 9.00. The van der Waals surface area contributed by atoms with Gasteiger partial charge in [0, 0.05) is 32.2 Å². The summed E-state index contributed by atoms with van der Waals surface area (Å²) < 4.78 is 11.7. The minimum Gasteiger partial charge on any atom is -0.492 e. The fraction of sp³-hybridized carbons (Fsp3) is 0.304. The molecule has 30 heavy (non-hydrogen) atoms. The standard InChI is InChI=1S/C23H25N3O4/c1-2-29-23-10-6-5-9-21(23)25-15-13-24(14-16-25)17-18-11-12-22(30-18)19-7-3-4-8-20(19)26(27)28/h3-12H,2,13-17H2,1H3. The van der Waals surface area contributed by atoms with E-state index >= 15 is 0 Å². The number of para-hydroxylation sites is 3. The van der Waals surface area contributed by atoms with E-state index in [1.54, 1.807) is 18.2 Å². The highest BCUT2D eigenvalue weighted by atomic mass is 16.6. The highest BCUT2D eigenvalue weighted by Gasteiger charge is 2.22. The predicted molar refractivity (Wildman–Crippen MR) is 116 cm³/mol. The van der Waals surface area contributed by atoms with Gasteiger partial charge in [0.2, 0.25) is 0 Å². The summed E-state index contributed by atoms with van der Waals surface area (Å²) in [6, 6.07) is 18.5. The van der Waals surface area contributed by atoms with Crippen LogP contribution in [0.4, 0.5) is 11.4 Å². The Morgan fingerprint density at radius 2 is 1.73 bits per heavy atom. The van der Waals surface area contributed by atoms with Gasteiger partial charge in [-0.3, -0.25) is 15.0 Å². The Kier molecular flexibility index (Phi) is 5.99. The molecule has 1 fully saturated rings. The van der Waals surface area contributed by atoms with E-state index in [0.29, 0.717) is 24.5 Å². The number of nitrogens with zero attached hydrogens (tertiary/aromatic N) is 3. The molecule has 0 atom stereocenters. The van der Waals surface area contributed by atoms with Gasteiger partial charge in [-0.1, -0.05) is 24.3 Å². The number of nitro groups is 1. The summed E-state index contributed by atoms with van der Waals surface area (Å²) in [6.45, 7) is 6.95. The molecule has 0 N–H and O–H groups in total. The second-order valence-corrected chi connectivity index (χ2v) is 7.20. The molecular formula is C23H25N3O4. The van der Waals surface area contributed by atoms with E-state index in [-0.39, 0.29) is 10.6 Å². The first kappa shape index (κ1) is 20.0. The number of hydrogen-bond acceptors (Lipinski definition) is 6. The highest BCUT2D eigenvalue weighted by Crippen LogP contribution is 2.32. The van der Waals surface area contributed by atoms with Crippen molar-refractivity contribution in [3.05, 3.63) is 76.5 Å². The topological polar surface area (TPSA) is 72.0 Å². The molecule has 0 aliphatic carbocycles. The first-order valence-corrected chi connectivity index (χ1v) is 10.2. The maximum atomic E-state index is 11.3. The number of rotatable bonds is 7. The van der Waals surface area contributed by atoms with Gasteiger partial charge < -0.3 is 14.1 Å². The molecule has 7 nitrogen and oxygen atoms in total. The van der Waals surface area contributed by atoms with Crippen LogP contribution in [0.1, 0.15) is 12.7 Å². The van der Waals surface area contributed by atoms with Crippen LogP contribution in [0.15, 0.2) is 65.1 Å². The Hall–Kier alpha value is -3.32. The average Bonchev–Trinajstić information content (AvgIpc) is 3.23. The largest absolute Gasteiger partial charge is 0.492 e. The van der Waals surface area contributed by atoms with Crippen LogP contribution in [0.25, 0.3) is 11.3 Å². The molecule has 0 radical (unpaired) electrons. The predicted octanol–water partition coefficient (Wildman–Crippen LogP) is 4.58. The van der Waals surface area contributed by atoms with E-state index in [2.05, 4.69) is 15.9 Å². The lowest BCUT2D eigenvalue weighted by Crippen LogP contribution is -2.46. The zero-order chi connectivity index (χ0) is 20.9. The normalized spacial score (nSPS) is 14.6. The third-order valence-electron chi connectivity index (χ3n) is 5.29. The first-order valence-electron chi connectivity index (χ1n) is 10.2. The van der Waals surface area contributed by atoms with Crippen molar-refractivity contribution in [1.29, 1.82) is 0 Å². The van der Waals surface area contributed by atoms with Crippen molar-refractivity contribution in [2.75, 3.05) is 37.7 Å². The van der Waals surface area contributed by atoms with Crippen LogP contribution in [0, 0.1) is 10.1 Å². The number of benzene rings is 2. The van der Waals surface area contributed by atoms with E-state index in [1.807, 2.05) is 37.3 Å². The number of ether oxygens (including phenoxy) is 1. The van der Waals surface area contributed by atoms with E-state index in [4.69, 9.17) is 9.15 Å². The summed E-state index contributed by atoms with van der Waals surface area (Å²) in [6.07, 6.45) is 0. The molecule has 7 heteroatoms. The lowest BCUT2D eigenvalue weighted by atomic mass is 10.1. The van der Waals surface area contributed by atoms with Gasteiger partial charge in [-0.15, -0.1) is 0 Å². The van der Waals surface area contributed by atoms with Gasteiger partial charge in [0.15, 0.2) is 0 Å². The molecule has 0 amide bonds. The van der Waals surface area contributed by atoms with E-state index < -0.39 is 0 Å². The summed E-state index contributed by atoms with van der Waals surface area (Å²) in [5.74, 6) is 2.27. The van der Waals surface area contributed by atoms with Gasteiger partial charge in [-0.05, 0) is 37.3 Å². The molecule has 2 aromatic carbocycles. The van der Waals surface area contributed by atoms with Gasteiger partial charge in [-0.25, -0.2) is 0 Å². The number of anilines is 1. The van der Waals surface area contributed by atoms with Crippen LogP contribution in [0.3, 0.4) is 0 Å². The van der Waals surface area contributed by atoms with Crippen LogP contribution in [-0.4, -0.2) is 42.6 Å². The first-order chi connectivity index (χ1) is 14.7. The molecule has 1 aliphatic heterocycles. The molecule has 0 spiro atoms. The molecule has 0 unspecified atom stereocenters. The number of nitro benzene ring substituents is 1. The van der Waals surface area contributed by atoms with Crippen molar-refractivity contribution in [2.45, 2.75) is 13.5 Å². The number of hydrogen-bond donors (Lipinski definition) is 0. The molecule has 0 bridgehead atoms. The Balaban J connectivity index is 1.40. The van der Waals surface area contributed by atoms with Crippen molar-refractivity contribution in [2.24, 2.45) is 0 Å². The second-order valence-electron chi connectivity index (χ2n) is 7.20. The summed E-state index contributed by atoms with van der Waals surface area (Å²) in [5.41, 5.74) is 1.70. The van der Waals surface area contributed by atoms with Crippen LogP contribution in [-0.2, 0) is 6.54 Å². The summed E-state index contributed by atoms with van der Waals surface area (Å²) in [7, 11) is 0. The summed E-state index contributed by atoms with van der Waals surface area (Å²) >= 11 is 0. The molecule has 1 aromatic heterocycles. The minimum atomic E-state index is -0.378. The Labute approximate surface area is 175 Å². The molecular weight excluding hydrogens is 382 g/mol. The lowest BCUT2D eigenvalue weighted by Gasteiger charge is -2.36. The fourth-order valence-corrected chi connectivity index (χ4v) is 3.81. The van der Waals surface area contributed by atoms with Gasteiger partial charge in [0.25, 0.3) is 5.69 Å². The lowest BCUT2D eigenvalue weighted by molar-refractivity contribution is -0.384. The summed E-state index contributed by atoms with van der Waals surface area (Å²) in [4.78, 5) is 15.6. The molecule has 156 valence electrons. The van der Waals surface area contributed by atoms with Crippen LogP contribution in [0.2, 0.25) is 0 Å². The van der Waals surface area contributed by atoms with E-state index in [0.717, 1.165) is 43.4 Å². The molecule has 1 saturated heterocycles. The zero-order valence-corrected chi connectivity index (χ0v) is 17.0. The van der Waals surface area contributed by atoms with Gasteiger partial charge in [0.1, 0.15) is 17.3 Å². The molecule has 2 heterocycles. The molecule has 0 saturated carbocycles. The number of piperazine rings is 1. The SMILES string of the molecule is CCOc1ccccc1N1CCN(Cc2ccc(-c3ccccc3[N+](=O)[O-])o2)CC1. The monoisotopic (exact) mass is 407 g/mol. The maximum absolute atomic E-state index is 11.3. The smallest absolute Gasteiger partial charge is 0.280 e. The van der Waals surface area contributed by atoms with E-state index in [1.165, 1.54) is 6.07 Å². The number of furan rings is 1. The molecule has 1 aliphatic rings. The zero-order valence-electron chi connectivity index (χ0n) is 17.0.